The molecule has 0 radical (unpaired) electrons. The molecule has 0 aliphatic carbocycles. The molecule has 0 spiro atoms. The molecule has 1 aromatic carbocycles. The number of benzene rings is 1. The first-order valence-electron chi connectivity index (χ1n) is 5.92. The largest absolute Gasteiger partial charge is 0.481 e. The predicted octanol–water partition coefficient (Wildman–Crippen LogP) is 3.51. The molecular weight excluding hydrogens is 236 g/mol. The first kappa shape index (κ1) is 14.2. The molecule has 0 aromatic heterocycles. The van der Waals surface area contributed by atoms with Crippen LogP contribution < -0.4 is 4.74 Å². The van der Waals surface area contributed by atoms with Crippen molar-refractivity contribution in [3.63, 3.8) is 0 Å². The van der Waals surface area contributed by atoms with Crippen molar-refractivity contribution >= 4 is 8.07 Å². The summed E-state index contributed by atoms with van der Waals surface area (Å²) in [7, 11) is -1.26. The molecule has 92 valence electrons. The van der Waals surface area contributed by atoms with E-state index in [-0.39, 0.29) is 0 Å². The van der Waals surface area contributed by atoms with E-state index in [0.29, 0.717) is 6.61 Å². The molecule has 0 fully saturated rings. The average molecular weight is 254 g/mol. The Kier molecular flexibility index (Phi) is 5.84. The summed E-state index contributed by atoms with van der Waals surface area (Å²) >= 11 is 0. The number of para-hydroxylation sites is 1. The molecule has 0 aliphatic heterocycles. The Morgan fingerprint density at radius 3 is 2.39 bits per heavy atom. The second-order valence-corrected chi connectivity index (χ2v) is 9.53. The van der Waals surface area contributed by atoms with Crippen LogP contribution in [0.5, 0.6) is 5.75 Å². The topological polar surface area (TPSA) is 9.23 Å². The van der Waals surface area contributed by atoms with E-state index in [2.05, 4.69) is 42.9 Å². The Morgan fingerprint density at radius 1 is 1.06 bits per heavy atom. The number of ether oxygens (including phenoxy) is 1. The van der Waals surface area contributed by atoms with Crippen LogP contribution in [0.1, 0.15) is 0 Å². The minimum atomic E-state index is -1.26. The van der Waals surface area contributed by atoms with Crippen molar-refractivity contribution < 1.29 is 4.74 Å². The maximum atomic E-state index is 5.43. The zero-order chi connectivity index (χ0) is 13.3. The molecule has 1 rings (SSSR count). The second-order valence-electron chi connectivity index (χ2n) is 4.78. The highest BCUT2D eigenvalue weighted by molar-refractivity contribution is 6.83. The number of rotatable bonds is 2. The third-order valence-electron chi connectivity index (χ3n) is 1.85. The van der Waals surface area contributed by atoms with Crippen molar-refractivity contribution in [1.29, 1.82) is 0 Å². The van der Waals surface area contributed by atoms with Gasteiger partial charge < -0.3 is 4.74 Å². The van der Waals surface area contributed by atoms with Crippen molar-refractivity contribution in [2.75, 3.05) is 6.61 Å². The molecular formula is C16H18OSi. The first-order valence-corrected chi connectivity index (χ1v) is 9.42. The van der Waals surface area contributed by atoms with Crippen molar-refractivity contribution in [1.82, 2.24) is 0 Å². The molecule has 0 aliphatic rings. The van der Waals surface area contributed by atoms with Crippen molar-refractivity contribution in [2.45, 2.75) is 19.6 Å². The van der Waals surface area contributed by atoms with Gasteiger partial charge in [-0.15, -0.1) is 5.54 Å². The number of hydrogen-bond acceptors (Lipinski definition) is 1. The summed E-state index contributed by atoms with van der Waals surface area (Å²) in [6.45, 7) is 7.05. The summed E-state index contributed by atoms with van der Waals surface area (Å²) in [4.78, 5) is 0. The van der Waals surface area contributed by atoms with E-state index in [4.69, 9.17) is 4.74 Å². The molecule has 0 saturated carbocycles. The van der Waals surface area contributed by atoms with Crippen LogP contribution >= 0.6 is 0 Å². The molecule has 0 bridgehead atoms. The summed E-state index contributed by atoms with van der Waals surface area (Å²) in [6, 6.07) is 9.66. The third kappa shape index (κ3) is 7.38. The van der Waals surface area contributed by atoms with E-state index in [1.54, 1.807) is 12.2 Å². The molecule has 0 atom stereocenters. The first-order chi connectivity index (χ1) is 8.58. The van der Waals surface area contributed by atoms with E-state index >= 15 is 0 Å². The molecule has 1 nitrogen and oxygen atoms in total. The van der Waals surface area contributed by atoms with Gasteiger partial charge in [-0.1, -0.05) is 55.6 Å². The van der Waals surface area contributed by atoms with Gasteiger partial charge in [0.25, 0.3) is 0 Å². The van der Waals surface area contributed by atoms with Crippen LogP contribution in [-0.4, -0.2) is 14.7 Å². The Morgan fingerprint density at radius 2 is 1.72 bits per heavy atom. The van der Waals surface area contributed by atoms with Crippen LogP contribution in [-0.2, 0) is 0 Å². The lowest BCUT2D eigenvalue weighted by Gasteiger charge is -2.01. The molecule has 18 heavy (non-hydrogen) atoms. The smallest absolute Gasteiger partial charge is 0.149 e. The summed E-state index contributed by atoms with van der Waals surface area (Å²) in [6.07, 6.45) is 3.56. The quantitative estimate of drug-likeness (QED) is 0.580. The van der Waals surface area contributed by atoms with Crippen molar-refractivity contribution in [2.24, 2.45) is 0 Å². The third-order valence-corrected chi connectivity index (χ3v) is 2.75. The lowest BCUT2D eigenvalue weighted by Crippen LogP contribution is -2.16. The summed E-state index contributed by atoms with van der Waals surface area (Å²) in [5, 5.41) is 0. The van der Waals surface area contributed by atoms with E-state index in [1.807, 2.05) is 30.3 Å². The second kappa shape index (κ2) is 7.43. The van der Waals surface area contributed by atoms with Gasteiger partial charge in [0.15, 0.2) is 0 Å². The molecule has 1 aromatic rings. The SMILES string of the molecule is C[Si](C)(C)C#CC=CC#CCOc1ccccc1. The van der Waals surface area contributed by atoms with Crippen LogP contribution in [0.2, 0.25) is 19.6 Å². The van der Waals surface area contributed by atoms with E-state index in [9.17, 15) is 0 Å². The fraction of sp³-hybridized carbons (Fsp3) is 0.250. The summed E-state index contributed by atoms with van der Waals surface area (Å²) in [5.41, 5.74) is 3.24. The Labute approximate surface area is 111 Å². The molecule has 0 unspecified atom stereocenters. The molecule has 0 heterocycles. The Hall–Kier alpha value is -1.90. The lowest BCUT2D eigenvalue weighted by atomic mass is 10.3. The van der Waals surface area contributed by atoms with Gasteiger partial charge in [-0.05, 0) is 24.3 Å². The monoisotopic (exact) mass is 254 g/mol. The fourth-order valence-corrected chi connectivity index (χ4v) is 1.59. The molecule has 0 N–H and O–H groups in total. The zero-order valence-electron chi connectivity index (χ0n) is 11.2. The maximum absolute atomic E-state index is 5.43. The van der Waals surface area contributed by atoms with Gasteiger partial charge in [-0.3, -0.25) is 0 Å². The zero-order valence-corrected chi connectivity index (χ0v) is 12.2. The minimum absolute atomic E-state index is 0.399. The van der Waals surface area contributed by atoms with Crippen molar-refractivity contribution in [3.8, 4) is 29.1 Å². The molecule has 0 saturated heterocycles. The standard InChI is InChI=1S/C16H18OSi/c1-18(2,3)15-11-6-4-5-10-14-17-16-12-8-7-9-13-16/h4,6-9,12-13H,14H2,1-3H3. The van der Waals surface area contributed by atoms with Crippen LogP contribution in [0.4, 0.5) is 0 Å². The van der Waals surface area contributed by atoms with Crippen LogP contribution in [0, 0.1) is 23.3 Å². The van der Waals surface area contributed by atoms with Gasteiger partial charge in [-0.25, -0.2) is 0 Å². The predicted molar refractivity (Wildman–Crippen MR) is 80.0 cm³/mol. The highest BCUT2D eigenvalue weighted by Gasteiger charge is 2.06. The fourth-order valence-electron chi connectivity index (χ4n) is 1.08. The van der Waals surface area contributed by atoms with E-state index in [0.717, 1.165) is 5.75 Å². The van der Waals surface area contributed by atoms with E-state index in [1.165, 1.54) is 0 Å². The highest BCUT2D eigenvalue weighted by Crippen LogP contribution is 2.07. The maximum Gasteiger partial charge on any atom is 0.149 e. The highest BCUT2D eigenvalue weighted by atomic mass is 28.3. The van der Waals surface area contributed by atoms with Gasteiger partial charge in [0, 0.05) is 0 Å². The van der Waals surface area contributed by atoms with Gasteiger partial charge in [0.05, 0.1) is 0 Å². The normalized spacial score (nSPS) is 10.2. The Balaban J connectivity index is 2.30. The minimum Gasteiger partial charge on any atom is -0.481 e. The van der Waals surface area contributed by atoms with Crippen LogP contribution in [0.15, 0.2) is 42.5 Å². The number of hydrogen-bond donors (Lipinski definition) is 0. The molecule has 2 heteroatoms. The van der Waals surface area contributed by atoms with Gasteiger partial charge in [0.2, 0.25) is 0 Å². The van der Waals surface area contributed by atoms with Gasteiger partial charge in [0.1, 0.15) is 20.4 Å². The summed E-state index contributed by atoms with van der Waals surface area (Å²) < 4.78 is 5.43. The lowest BCUT2D eigenvalue weighted by molar-refractivity contribution is 0.370. The summed E-state index contributed by atoms with van der Waals surface area (Å²) in [5.74, 6) is 9.68. The average Bonchev–Trinajstić information content (AvgIpc) is 2.32. The Bertz CT molecular complexity index is 501. The molecule has 0 amide bonds. The van der Waals surface area contributed by atoms with Gasteiger partial charge in [-0.2, -0.15) is 0 Å². The van der Waals surface area contributed by atoms with Gasteiger partial charge >= 0.3 is 0 Å². The van der Waals surface area contributed by atoms with Crippen LogP contribution in [0.25, 0.3) is 0 Å². The number of allylic oxidation sites excluding steroid dienone is 2. The van der Waals surface area contributed by atoms with Crippen LogP contribution in [0.3, 0.4) is 0 Å². The van der Waals surface area contributed by atoms with Crippen molar-refractivity contribution in [3.05, 3.63) is 42.5 Å². The van der Waals surface area contributed by atoms with E-state index < -0.39 is 8.07 Å².